The van der Waals surface area contributed by atoms with Gasteiger partial charge < -0.3 is 10.6 Å². The number of sulfonamides is 1. The number of rotatable bonds is 2. The van der Waals surface area contributed by atoms with E-state index in [0.29, 0.717) is 17.8 Å². The molecule has 6 nitrogen and oxygen atoms in total. The minimum absolute atomic E-state index is 0.114. The van der Waals surface area contributed by atoms with E-state index >= 15 is 0 Å². The van der Waals surface area contributed by atoms with Gasteiger partial charge in [-0.25, -0.2) is 8.42 Å². The van der Waals surface area contributed by atoms with Crippen molar-refractivity contribution in [2.24, 2.45) is 0 Å². The topological polar surface area (TPSA) is 90.4 Å². The van der Waals surface area contributed by atoms with Crippen LogP contribution < -0.4 is 10.6 Å². The lowest BCUT2D eigenvalue weighted by atomic mass is 10.0. The molecule has 2 fully saturated rings. The summed E-state index contributed by atoms with van der Waals surface area (Å²) < 4.78 is 25.7. The number of benzene rings is 1. The van der Waals surface area contributed by atoms with Crippen molar-refractivity contribution in [2.45, 2.75) is 25.3 Å². The van der Waals surface area contributed by atoms with E-state index in [1.807, 2.05) is 6.07 Å². The van der Waals surface area contributed by atoms with E-state index in [1.54, 1.807) is 16.4 Å². The van der Waals surface area contributed by atoms with Gasteiger partial charge in [0.2, 0.25) is 10.0 Å². The third-order valence-electron chi connectivity index (χ3n) is 4.51. The van der Waals surface area contributed by atoms with Crippen LogP contribution in [0.25, 0.3) is 0 Å². The maximum absolute atomic E-state index is 12.0. The fourth-order valence-corrected chi connectivity index (χ4v) is 5.18. The molecule has 118 valence electrons. The lowest BCUT2D eigenvalue weighted by Crippen LogP contribution is -2.45. The van der Waals surface area contributed by atoms with Gasteiger partial charge >= 0.3 is 0 Å². The van der Waals surface area contributed by atoms with Crippen LogP contribution in [0.4, 0.5) is 11.4 Å². The van der Waals surface area contributed by atoms with Crippen LogP contribution >= 0.6 is 0 Å². The Morgan fingerprint density at radius 3 is 2.50 bits per heavy atom. The molecule has 0 amide bonds. The zero-order chi connectivity index (χ0) is 15.7. The summed E-state index contributed by atoms with van der Waals surface area (Å²) in [6.07, 6.45) is 2.38. The first-order chi connectivity index (χ1) is 10.5. The Hall–Kier alpha value is -1.78. The van der Waals surface area contributed by atoms with Crippen molar-refractivity contribution in [1.82, 2.24) is 4.31 Å². The van der Waals surface area contributed by atoms with Crippen LogP contribution in [-0.2, 0) is 10.0 Å². The fourth-order valence-electron chi connectivity index (χ4n) is 3.38. The Labute approximate surface area is 131 Å². The molecule has 22 heavy (non-hydrogen) atoms. The zero-order valence-electron chi connectivity index (χ0n) is 12.4. The second-order valence-corrected chi connectivity index (χ2v) is 7.92. The quantitative estimate of drug-likeness (QED) is 0.825. The molecule has 2 aliphatic rings. The number of nitrogens with zero attached hydrogens (tertiary/aromatic N) is 3. The molecule has 3 rings (SSSR count). The Morgan fingerprint density at radius 2 is 1.95 bits per heavy atom. The third kappa shape index (κ3) is 2.76. The molecule has 1 aromatic carbocycles. The molecule has 0 unspecified atom stereocenters. The van der Waals surface area contributed by atoms with E-state index in [1.165, 1.54) is 0 Å². The van der Waals surface area contributed by atoms with E-state index in [4.69, 9.17) is 11.0 Å². The van der Waals surface area contributed by atoms with Gasteiger partial charge in [-0.05, 0) is 37.5 Å². The summed E-state index contributed by atoms with van der Waals surface area (Å²) >= 11 is 0. The summed E-state index contributed by atoms with van der Waals surface area (Å²) in [6.45, 7) is 2.23. The number of nitrogens with two attached hydrogens (primary N) is 1. The van der Waals surface area contributed by atoms with Gasteiger partial charge in [0.15, 0.2) is 0 Å². The molecule has 0 saturated carbocycles. The molecule has 0 aliphatic carbocycles. The minimum Gasteiger partial charge on any atom is -0.397 e. The monoisotopic (exact) mass is 320 g/mol. The van der Waals surface area contributed by atoms with Crippen molar-refractivity contribution in [3.63, 3.8) is 0 Å². The molecule has 0 spiro atoms. The molecule has 1 aromatic rings. The fraction of sp³-hybridized carbons (Fsp3) is 0.533. The molecule has 0 bridgehead atoms. The summed E-state index contributed by atoms with van der Waals surface area (Å²) in [4.78, 5) is 2.18. The molecule has 2 saturated heterocycles. The normalized spacial score (nSPS) is 22.6. The SMILES string of the molecule is N#Cc1ccc(N2CCC(N3CCCS3(=O)=O)CC2)c(N)c1. The number of nitrogen functional groups attached to an aromatic ring is 1. The minimum atomic E-state index is -3.03. The molecule has 7 heteroatoms. The molecule has 2 heterocycles. The molecular formula is C15H20N4O2S. The zero-order valence-corrected chi connectivity index (χ0v) is 13.2. The number of hydrogen-bond donors (Lipinski definition) is 1. The smallest absolute Gasteiger partial charge is 0.214 e. The number of nitriles is 1. The highest BCUT2D eigenvalue weighted by atomic mass is 32.2. The first-order valence-electron chi connectivity index (χ1n) is 7.55. The summed E-state index contributed by atoms with van der Waals surface area (Å²) in [7, 11) is -3.03. The first kappa shape index (κ1) is 15.1. The van der Waals surface area contributed by atoms with Gasteiger partial charge in [0.25, 0.3) is 0 Å². The highest BCUT2D eigenvalue weighted by Gasteiger charge is 2.36. The van der Waals surface area contributed by atoms with Gasteiger partial charge in [0.05, 0.1) is 28.8 Å². The molecule has 0 aromatic heterocycles. The lowest BCUT2D eigenvalue weighted by Gasteiger charge is -2.37. The highest BCUT2D eigenvalue weighted by Crippen LogP contribution is 2.30. The second-order valence-electron chi connectivity index (χ2n) is 5.88. The maximum Gasteiger partial charge on any atom is 0.214 e. The summed E-state index contributed by atoms with van der Waals surface area (Å²) in [5.74, 6) is 0.287. The Morgan fingerprint density at radius 1 is 1.23 bits per heavy atom. The Kier molecular flexibility index (Phi) is 3.98. The van der Waals surface area contributed by atoms with Crippen molar-refractivity contribution in [1.29, 1.82) is 5.26 Å². The van der Waals surface area contributed by atoms with Crippen LogP contribution in [0.3, 0.4) is 0 Å². The van der Waals surface area contributed by atoms with Gasteiger partial charge in [-0.3, -0.25) is 0 Å². The standard InChI is InChI=1S/C15H20N4O2S/c16-11-12-2-3-15(14(17)10-12)18-7-4-13(5-8-18)19-6-1-9-22(19,20)21/h2-3,10,13H,1,4-9,17H2. The maximum atomic E-state index is 12.0. The van der Waals surface area contributed by atoms with E-state index in [0.717, 1.165) is 38.0 Å². The first-order valence-corrected chi connectivity index (χ1v) is 9.16. The third-order valence-corrected chi connectivity index (χ3v) is 6.51. The summed E-state index contributed by atoms with van der Waals surface area (Å²) in [5, 5.41) is 8.89. The van der Waals surface area contributed by atoms with Crippen LogP contribution in [0.2, 0.25) is 0 Å². The van der Waals surface area contributed by atoms with Gasteiger partial charge in [-0.1, -0.05) is 0 Å². The van der Waals surface area contributed by atoms with E-state index < -0.39 is 10.0 Å². The molecular weight excluding hydrogens is 300 g/mol. The van der Waals surface area contributed by atoms with E-state index in [9.17, 15) is 8.42 Å². The van der Waals surface area contributed by atoms with Crippen LogP contribution in [0.5, 0.6) is 0 Å². The number of piperidine rings is 1. The molecule has 0 radical (unpaired) electrons. The molecule has 2 aliphatic heterocycles. The molecule has 2 N–H and O–H groups in total. The predicted molar refractivity (Wildman–Crippen MR) is 85.9 cm³/mol. The lowest BCUT2D eigenvalue weighted by molar-refractivity contribution is 0.291. The van der Waals surface area contributed by atoms with Gasteiger partial charge in [-0.2, -0.15) is 9.57 Å². The number of anilines is 2. The van der Waals surface area contributed by atoms with Gasteiger partial charge in [-0.15, -0.1) is 0 Å². The number of hydrogen-bond acceptors (Lipinski definition) is 5. The molecule has 0 atom stereocenters. The summed E-state index contributed by atoms with van der Waals surface area (Å²) in [6, 6.07) is 7.52. The van der Waals surface area contributed by atoms with Gasteiger partial charge in [0, 0.05) is 25.7 Å². The van der Waals surface area contributed by atoms with Crippen LogP contribution in [0, 0.1) is 11.3 Å². The van der Waals surface area contributed by atoms with Crippen molar-refractivity contribution >= 4 is 21.4 Å². The van der Waals surface area contributed by atoms with E-state index in [2.05, 4.69) is 11.0 Å². The predicted octanol–water partition coefficient (Wildman–Crippen LogP) is 1.14. The van der Waals surface area contributed by atoms with Crippen molar-refractivity contribution in [3.8, 4) is 6.07 Å². The van der Waals surface area contributed by atoms with Crippen molar-refractivity contribution in [3.05, 3.63) is 23.8 Å². The highest BCUT2D eigenvalue weighted by molar-refractivity contribution is 7.89. The van der Waals surface area contributed by atoms with Crippen molar-refractivity contribution in [2.75, 3.05) is 36.0 Å². The average molecular weight is 320 g/mol. The Bertz CT molecular complexity index is 703. The van der Waals surface area contributed by atoms with Crippen LogP contribution in [0.15, 0.2) is 18.2 Å². The van der Waals surface area contributed by atoms with Gasteiger partial charge in [0.1, 0.15) is 0 Å². The Balaban J connectivity index is 1.69. The largest absolute Gasteiger partial charge is 0.397 e. The van der Waals surface area contributed by atoms with Crippen molar-refractivity contribution < 1.29 is 8.42 Å². The summed E-state index contributed by atoms with van der Waals surface area (Å²) in [5.41, 5.74) is 8.12. The average Bonchev–Trinajstić information content (AvgIpc) is 2.87. The second kappa shape index (κ2) is 5.78. The van der Waals surface area contributed by atoms with Crippen LogP contribution in [0.1, 0.15) is 24.8 Å². The van der Waals surface area contributed by atoms with E-state index in [-0.39, 0.29) is 11.8 Å². The van der Waals surface area contributed by atoms with Crippen LogP contribution in [-0.4, -0.2) is 44.2 Å².